The van der Waals surface area contributed by atoms with Crippen LogP contribution >= 0.6 is 0 Å². The summed E-state index contributed by atoms with van der Waals surface area (Å²) in [5.74, 6) is 0.788. The van der Waals surface area contributed by atoms with Crippen LogP contribution in [0.1, 0.15) is 32.8 Å². The molecule has 1 rings (SSSR count). The Morgan fingerprint density at radius 2 is 1.67 bits per heavy atom. The fraction of sp³-hybridized carbons (Fsp3) is 0.571. The summed E-state index contributed by atoms with van der Waals surface area (Å²) in [5, 5.41) is 0. The lowest BCUT2D eigenvalue weighted by Crippen LogP contribution is -2.14. The van der Waals surface area contributed by atoms with Crippen molar-refractivity contribution in [3.05, 3.63) is 29.8 Å². The lowest BCUT2D eigenvalue weighted by atomic mass is 10.0. The van der Waals surface area contributed by atoms with E-state index in [0.717, 1.165) is 12.0 Å². The molecule has 0 saturated carbocycles. The van der Waals surface area contributed by atoms with E-state index in [1.54, 1.807) is 24.3 Å². The van der Waals surface area contributed by atoms with E-state index in [1.165, 1.54) is 0 Å². The molecular weight excluding hydrogens is 248 g/mol. The minimum absolute atomic E-state index is 0.227. The zero-order valence-corrected chi connectivity index (χ0v) is 12.3. The van der Waals surface area contributed by atoms with E-state index in [0.29, 0.717) is 5.92 Å². The van der Waals surface area contributed by atoms with E-state index >= 15 is 0 Å². The standard InChI is InChI=1S/C14H22O3S/c1-11(2)9-13(4)10-17-18(15,16)14-7-5-12(3)6-8-14/h5-8,11,13H,9-10H2,1-4H3. The van der Waals surface area contributed by atoms with Crippen LogP contribution in [0.2, 0.25) is 0 Å². The Morgan fingerprint density at radius 3 is 2.17 bits per heavy atom. The van der Waals surface area contributed by atoms with Crippen molar-refractivity contribution in [2.24, 2.45) is 11.8 Å². The van der Waals surface area contributed by atoms with Crippen LogP contribution < -0.4 is 0 Å². The van der Waals surface area contributed by atoms with Gasteiger partial charge in [-0.25, -0.2) is 0 Å². The summed E-state index contributed by atoms with van der Waals surface area (Å²) < 4.78 is 28.9. The fourth-order valence-corrected chi connectivity index (χ4v) is 2.87. The van der Waals surface area contributed by atoms with E-state index in [-0.39, 0.29) is 17.4 Å². The number of rotatable bonds is 6. The second kappa shape index (κ2) is 6.34. The van der Waals surface area contributed by atoms with Gasteiger partial charge in [0.25, 0.3) is 10.1 Å². The molecule has 0 aromatic heterocycles. The molecule has 1 unspecified atom stereocenters. The van der Waals surface area contributed by atoms with E-state index in [2.05, 4.69) is 13.8 Å². The summed E-state index contributed by atoms with van der Waals surface area (Å²) in [6, 6.07) is 6.71. The fourth-order valence-electron chi connectivity index (χ4n) is 1.85. The highest BCUT2D eigenvalue weighted by atomic mass is 32.2. The molecule has 0 amide bonds. The highest BCUT2D eigenvalue weighted by molar-refractivity contribution is 7.86. The van der Waals surface area contributed by atoms with Gasteiger partial charge in [-0.1, -0.05) is 38.5 Å². The van der Waals surface area contributed by atoms with E-state index in [9.17, 15) is 8.42 Å². The second-order valence-electron chi connectivity index (χ2n) is 5.29. The maximum Gasteiger partial charge on any atom is 0.296 e. The van der Waals surface area contributed by atoms with Gasteiger partial charge in [0.05, 0.1) is 11.5 Å². The lowest BCUT2D eigenvalue weighted by molar-refractivity contribution is 0.244. The Balaban J connectivity index is 2.63. The summed E-state index contributed by atoms with van der Waals surface area (Å²) in [6.45, 7) is 8.40. The molecule has 1 aromatic rings. The van der Waals surface area contributed by atoms with Crippen molar-refractivity contribution in [1.29, 1.82) is 0 Å². The van der Waals surface area contributed by atoms with Crippen LogP contribution in [0.25, 0.3) is 0 Å². The summed E-state index contributed by atoms with van der Waals surface area (Å²) in [6.07, 6.45) is 0.962. The molecule has 0 fully saturated rings. The third-order valence-electron chi connectivity index (χ3n) is 2.69. The first kappa shape index (κ1) is 15.2. The molecule has 1 aromatic carbocycles. The van der Waals surface area contributed by atoms with Gasteiger partial charge >= 0.3 is 0 Å². The lowest BCUT2D eigenvalue weighted by Gasteiger charge is -2.14. The van der Waals surface area contributed by atoms with E-state index in [1.807, 2.05) is 13.8 Å². The zero-order chi connectivity index (χ0) is 13.8. The second-order valence-corrected chi connectivity index (χ2v) is 6.90. The smallest absolute Gasteiger partial charge is 0.266 e. The van der Waals surface area contributed by atoms with Crippen LogP contribution in [0.4, 0.5) is 0 Å². The third kappa shape index (κ3) is 4.78. The molecule has 102 valence electrons. The molecule has 0 aliphatic heterocycles. The average molecular weight is 270 g/mol. The van der Waals surface area contributed by atoms with Gasteiger partial charge in [-0.3, -0.25) is 4.18 Å². The van der Waals surface area contributed by atoms with Crippen LogP contribution in [0.5, 0.6) is 0 Å². The van der Waals surface area contributed by atoms with Crippen LogP contribution in [0.15, 0.2) is 29.2 Å². The predicted molar refractivity (Wildman–Crippen MR) is 72.9 cm³/mol. The zero-order valence-electron chi connectivity index (χ0n) is 11.5. The molecule has 0 bridgehead atoms. The van der Waals surface area contributed by atoms with Crippen molar-refractivity contribution in [3.63, 3.8) is 0 Å². The Kier molecular flexibility index (Phi) is 5.35. The Bertz CT molecular complexity index is 460. The van der Waals surface area contributed by atoms with Crippen molar-refractivity contribution in [1.82, 2.24) is 0 Å². The van der Waals surface area contributed by atoms with Crippen LogP contribution in [0, 0.1) is 18.8 Å². The van der Waals surface area contributed by atoms with Crippen LogP contribution in [0.3, 0.4) is 0 Å². The molecule has 0 radical (unpaired) electrons. The van der Waals surface area contributed by atoms with Gasteiger partial charge in [0.2, 0.25) is 0 Å². The van der Waals surface area contributed by atoms with Gasteiger partial charge in [0.15, 0.2) is 0 Å². The molecule has 0 N–H and O–H groups in total. The molecule has 0 aliphatic carbocycles. The number of hydrogen-bond donors (Lipinski definition) is 0. The normalized spacial score (nSPS) is 13.8. The topological polar surface area (TPSA) is 43.4 Å². The first-order valence-corrected chi connectivity index (χ1v) is 7.68. The van der Waals surface area contributed by atoms with E-state index < -0.39 is 10.1 Å². The van der Waals surface area contributed by atoms with Gasteiger partial charge in [0.1, 0.15) is 0 Å². The van der Waals surface area contributed by atoms with Crippen LogP contribution in [-0.4, -0.2) is 15.0 Å². The van der Waals surface area contributed by atoms with Gasteiger partial charge in [-0.05, 0) is 37.3 Å². The number of hydrogen-bond acceptors (Lipinski definition) is 3. The monoisotopic (exact) mass is 270 g/mol. The SMILES string of the molecule is Cc1ccc(S(=O)(=O)OCC(C)CC(C)C)cc1. The van der Waals surface area contributed by atoms with Crippen molar-refractivity contribution < 1.29 is 12.6 Å². The molecule has 4 heteroatoms. The quantitative estimate of drug-likeness (QED) is 0.744. The molecule has 0 aliphatic rings. The van der Waals surface area contributed by atoms with E-state index in [4.69, 9.17) is 4.18 Å². The summed E-state index contributed by atoms with van der Waals surface area (Å²) in [5.41, 5.74) is 1.03. The molecule has 18 heavy (non-hydrogen) atoms. The van der Waals surface area contributed by atoms with Gasteiger partial charge < -0.3 is 0 Å². The average Bonchev–Trinajstić information content (AvgIpc) is 2.26. The molecule has 0 spiro atoms. The minimum Gasteiger partial charge on any atom is -0.266 e. The third-order valence-corrected chi connectivity index (χ3v) is 3.99. The Labute approximate surface area is 110 Å². The van der Waals surface area contributed by atoms with Gasteiger partial charge in [-0.15, -0.1) is 0 Å². The van der Waals surface area contributed by atoms with Crippen molar-refractivity contribution in [2.45, 2.75) is 39.0 Å². The maximum atomic E-state index is 11.9. The first-order chi connectivity index (χ1) is 8.31. The van der Waals surface area contributed by atoms with Gasteiger partial charge in [0, 0.05) is 0 Å². The van der Waals surface area contributed by atoms with Gasteiger partial charge in [-0.2, -0.15) is 8.42 Å². The van der Waals surface area contributed by atoms with Crippen LogP contribution in [-0.2, 0) is 14.3 Å². The predicted octanol–water partition coefficient (Wildman–Crippen LogP) is 3.38. The molecule has 0 saturated heterocycles. The largest absolute Gasteiger partial charge is 0.296 e. The highest BCUT2D eigenvalue weighted by Crippen LogP contribution is 2.17. The molecular formula is C14H22O3S. The van der Waals surface area contributed by atoms with Crippen molar-refractivity contribution in [2.75, 3.05) is 6.61 Å². The molecule has 0 heterocycles. The maximum absolute atomic E-state index is 11.9. The Morgan fingerprint density at radius 1 is 1.11 bits per heavy atom. The summed E-state index contributed by atoms with van der Waals surface area (Å²) in [7, 11) is -3.61. The molecule has 3 nitrogen and oxygen atoms in total. The minimum atomic E-state index is -3.61. The summed E-state index contributed by atoms with van der Waals surface area (Å²) >= 11 is 0. The Hall–Kier alpha value is -0.870. The number of benzene rings is 1. The molecule has 1 atom stereocenters. The summed E-state index contributed by atoms with van der Waals surface area (Å²) in [4.78, 5) is 0.227. The van der Waals surface area contributed by atoms with Crippen molar-refractivity contribution in [3.8, 4) is 0 Å². The number of aryl methyl sites for hydroxylation is 1. The van der Waals surface area contributed by atoms with Crippen molar-refractivity contribution >= 4 is 10.1 Å². The first-order valence-electron chi connectivity index (χ1n) is 6.27. The highest BCUT2D eigenvalue weighted by Gasteiger charge is 2.16.